The maximum absolute atomic E-state index is 11.8. The van der Waals surface area contributed by atoms with E-state index in [-0.39, 0.29) is 5.91 Å². The zero-order valence-corrected chi connectivity index (χ0v) is 11.4. The molecule has 0 aromatic heterocycles. The third kappa shape index (κ3) is 5.32. The number of carbonyl (C=O) groups excluding carboxylic acids is 1. The van der Waals surface area contributed by atoms with Crippen molar-refractivity contribution >= 4 is 5.91 Å². The number of nitrogens with one attached hydrogen (secondary N) is 1. The van der Waals surface area contributed by atoms with Crippen molar-refractivity contribution in [3.05, 3.63) is 35.4 Å². The van der Waals surface area contributed by atoms with Gasteiger partial charge < -0.3 is 10.1 Å². The Labute approximate surface area is 110 Å². The summed E-state index contributed by atoms with van der Waals surface area (Å²) < 4.78 is 5.43. The molecule has 0 saturated carbocycles. The SMILES string of the molecule is CCCCOCCCNC(=O)c1ccccc1C. The van der Waals surface area contributed by atoms with Gasteiger partial charge in [0.15, 0.2) is 0 Å². The minimum Gasteiger partial charge on any atom is -0.381 e. The lowest BCUT2D eigenvalue weighted by Crippen LogP contribution is -2.25. The van der Waals surface area contributed by atoms with Gasteiger partial charge in [0.1, 0.15) is 0 Å². The standard InChI is InChI=1S/C15H23NO2/c1-3-4-11-18-12-7-10-16-15(17)14-9-6-5-8-13(14)2/h5-6,8-9H,3-4,7,10-12H2,1-2H3,(H,16,17). The summed E-state index contributed by atoms with van der Waals surface area (Å²) in [6.07, 6.45) is 3.13. The molecule has 1 aromatic carbocycles. The third-order valence-corrected chi connectivity index (χ3v) is 2.78. The summed E-state index contributed by atoms with van der Waals surface area (Å²) in [4.78, 5) is 11.8. The first-order chi connectivity index (χ1) is 8.75. The van der Waals surface area contributed by atoms with Crippen LogP contribution in [0.25, 0.3) is 0 Å². The predicted octanol–water partition coefficient (Wildman–Crippen LogP) is 2.93. The van der Waals surface area contributed by atoms with Crippen LogP contribution < -0.4 is 5.32 Å². The first-order valence-electron chi connectivity index (χ1n) is 6.67. The molecule has 0 saturated heterocycles. The largest absolute Gasteiger partial charge is 0.381 e. The molecule has 0 bridgehead atoms. The van der Waals surface area contributed by atoms with E-state index >= 15 is 0 Å². The number of rotatable bonds is 8. The van der Waals surface area contributed by atoms with Crippen molar-refractivity contribution in [3.63, 3.8) is 0 Å². The molecular weight excluding hydrogens is 226 g/mol. The zero-order valence-electron chi connectivity index (χ0n) is 11.4. The van der Waals surface area contributed by atoms with Gasteiger partial charge in [-0.3, -0.25) is 4.79 Å². The molecular formula is C15H23NO2. The first kappa shape index (κ1) is 14.7. The van der Waals surface area contributed by atoms with Gasteiger partial charge in [-0.05, 0) is 31.4 Å². The van der Waals surface area contributed by atoms with Crippen LogP contribution in [0, 0.1) is 6.92 Å². The maximum Gasteiger partial charge on any atom is 0.251 e. The molecule has 0 aliphatic heterocycles. The Balaban J connectivity index is 2.16. The molecule has 0 aliphatic rings. The molecule has 100 valence electrons. The van der Waals surface area contributed by atoms with E-state index in [0.717, 1.165) is 37.0 Å². The molecule has 0 atom stereocenters. The Kier molecular flexibility index (Phi) is 7.11. The zero-order chi connectivity index (χ0) is 13.2. The molecule has 1 amide bonds. The van der Waals surface area contributed by atoms with Gasteiger partial charge in [-0.15, -0.1) is 0 Å². The number of unbranched alkanes of at least 4 members (excludes halogenated alkanes) is 1. The van der Waals surface area contributed by atoms with E-state index in [4.69, 9.17) is 4.74 Å². The Hall–Kier alpha value is -1.35. The van der Waals surface area contributed by atoms with Crippen molar-refractivity contribution in [2.75, 3.05) is 19.8 Å². The van der Waals surface area contributed by atoms with Crippen LogP contribution in [-0.4, -0.2) is 25.7 Å². The molecule has 1 N–H and O–H groups in total. The third-order valence-electron chi connectivity index (χ3n) is 2.78. The fraction of sp³-hybridized carbons (Fsp3) is 0.533. The van der Waals surface area contributed by atoms with Crippen molar-refractivity contribution in [2.45, 2.75) is 33.1 Å². The highest BCUT2D eigenvalue weighted by atomic mass is 16.5. The highest BCUT2D eigenvalue weighted by Crippen LogP contribution is 2.06. The van der Waals surface area contributed by atoms with E-state index < -0.39 is 0 Å². The van der Waals surface area contributed by atoms with Gasteiger partial charge in [0, 0.05) is 25.3 Å². The molecule has 3 nitrogen and oxygen atoms in total. The first-order valence-corrected chi connectivity index (χ1v) is 6.67. The summed E-state index contributed by atoms with van der Waals surface area (Å²) in [6.45, 7) is 6.30. The van der Waals surface area contributed by atoms with Gasteiger partial charge in [-0.25, -0.2) is 0 Å². The fourth-order valence-corrected chi connectivity index (χ4v) is 1.65. The van der Waals surface area contributed by atoms with E-state index in [9.17, 15) is 4.79 Å². The summed E-state index contributed by atoms with van der Waals surface area (Å²) in [5.74, 6) is 0.00154. The Bertz CT molecular complexity index is 363. The second-order valence-electron chi connectivity index (χ2n) is 4.39. The fourth-order valence-electron chi connectivity index (χ4n) is 1.65. The molecule has 0 heterocycles. The molecule has 0 radical (unpaired) electrons. The molecule has 3 heteroatoms. The van der Waals surface area contributed by atoms with Gasteiger partial charge in [-0.1, -0.05) is 31.5 Å². The van der Waals surface area contributed by atoms with Crippen molar-refractivity contribution in [3.8, 4) is 0 Å². The molecule has 0 spiro atoms. The molecule has 0 unspecified atom stereocenters. The number of hydrogen-bond donors (Lipinski definition) is 1. The molecule has 1 aromatic rings. The Morgan fingerprint density at radius 3 is 2.67 bits per heavy atom. The monoisotopic (exact) mass is 249 g/mol. The van der Waals surface area contributed by atoms with Gasteiger partial charge in [0.05, 0.1) is 0 Å². The molecule has 18 heavy (non-hydrogen) atoms. The minimum absolute atomic E-state index is 0.00154. The van der Waals surface area contributed by atoms with Gasteiger partial charge in [-0.2, -0.15) is 0 Å². The van der Waals surface area contributed by atoms with Gasteiger partial charge in [0.2, 0.25) is 0 Å². The Morgan fingerprint density at radius 2 is 1.94 bits per heavy atom. The number of carbonyl (C=O) groups is 1. The van der Waals surface area contributed by atoms with Gasteiger partial charge in [0.25, 0.3) is 5.91 Å². The number of benzene rings is 1. The lowest BCUT2D eigenvalue weighted by Gasteiger charge is -2.07. The summed E-state index contributed by atoms with van der Waals surface area (Å²) >= 11 is 0. The van der Waals surface area contributed by atoms with Crippen LogP contribution in [0.1, 0.15) is 42.1 Å². The van der Waals surface area contributed by atoms with Crippen molar-refractivity contribution in [1.29, 1.82) is 0 Å². The second-order valence-corrected chi connectivity index (χ2v) is 4.39. The summed E-state index contributed by atoms with van der Waals surface area (Å²) in [7, 11) is 0. The van der Waals surface area contributed by atoms with E-state index in [1.165, 1.54) is 0 Å². The van der Waals surface area contributed by atoms with Crippen LogP contribution in [0.2, 0.25) is 0 Å². The number of ether oxygens (including phenoxy) is 1. The Morgan fingerprint density at radius 1 is 1.22 bits per heavy atom. The van der Waals surface area contributed by atoms with Gasteiger partial charge >= 0.3 is 0 Å². The van der Waals surface area contributed by atoms with Crippen LogP contribution in [0.5, 0.6) is 0 Å². The van der Waals surface area contributed by atoms with E-state index in [1.807, 2.05) is 31.2 Å². The average Bonchev–Trinajstić information content (AvgIpc) is 2.38. The molecule has 1 rings (SSSR count). The van der Waals surface area contributed by atoms with Crippen molar-refractivity contribution in [2.24, 2.45) is 0 Å². The van der Waals surface area contributed by atoms with Crippen LogP contribution in [-0.2, 0) is 4.74 Å². The second kappa shape index (κ2) is 8.70. The average molecular weight is 249 g/mol. The smallest absolute Gasteiger partial charge is 0.251 e. The van der Waals surface area contributed by atoms with Crippen LogP contribution in [0.3, 0.4) is 0 Å². The summed E-state index contributed by atoms with van der Waals surface area (Å²) in [5.41, 5.74) is 1.76. The predicted molar refractivity (Wildman–Crippen MR) is 73.9 cm³/mol. The van der Waals surface area contributed by atoms with Crippen LogP contribution >= 0.6 is 0 Å². The summed E-state index contributed by atoms with van der Waals surface area (Å²) in [5, 5.41) is 2.91. The lowest BCUT2D eigenvalue weighted by molar-refractivity contribution is 0.0940. The molecule has 0 aliphatic carbocycles. The molecule has 0 fully saturated rings. The highest BCUT2D eigenvalue weighted by Gasteiger charge is 2.06. The van der Waals surface area contributed by atoms with Crippen molar-refractivity contribution < 1.29 is 9.53 Å². The topological polar surface area (TPSA) is 38.3 Å². The highest BCUT2D eigenvalue weighted by molar-refractivity contribution is 5.95. The van der Waals surface area contributed by atoms with E-state index in [0.29, 0.717) is 13.2 Å². The normalized spacial score (nSPS) is 10.3. The number of amides is 1. The maximum atomic E-state index is 11.8. The summed E-state index contributed by atoms with van der Waals surface area (Å²) in [6, 6.07) is 7.62. The van der Waals surface area contributed by atoms with Crippen molar-refractivity contribution in [1.82, 2.24) is 5.32 Å². The van der Waals surface area contributed by atoms with E-state index in [1.54, 1.807) is 0 Å². The lowest BCUT2D eigenvalue weighted by atomic mass is 10.1. The minimum atomic E-state index is 0.00154. The quantitative estimate of drug-likeness (QED) is 0.719. The number of aryl methyl sites for hydroxylation is 1. The number of hydrogen-bond acceptors (Lipinski definition) is 2. The van der Waals surface area contributed by atoms with Crippen LogP contribution in [0.4, 0.5) is 0 Å². The van der Waals surface area contributed by atoms with Crippen LogP contribution in [0.15, 0.2) is 24.3 Å². The van der Waals surface area contributed by atoms with E-state index in [2.05, 4.69) is 12.2 Å².